The van der Waals surface area contributed by atoms with E-state index in [0.29, 0.717) is 13.2 Å². The van der Waals surface area contributed by atoms with Crippen LogP contribution in [0.5, 0.6) is 0 Å². The summed E-state index contributed by atoms with van der Waals surface area (Å²) in [6.45, 7) is 5.27. The number of nitrogens with one attached hydrogen (secondary N) is 1. The first-order valence-corrected chi connectivity index (χ1v) is 6.24. The van der Waals surface area contributed by atoms with Crippen molar-refractivity contribution in [1.29, 1.82) is 0 Å². The predicted octanol–water partition coefficient (Wildman–Crippen LogP) is 0.443. The quantitative estimate of drug-likeness (QED) is 0.485. The first-order chi connectivity index (χ1) is 8.83. The molecule has 1 aromatic heterocycles. The van der Waals surface area contributed by atoms with Crippen molar-refractivity contribution in [3.63, 3.8) is 0 Å². The molecule has 0 saturated carbocycles. The molecule has 102 valence electrons. The molecule has 0 radical (unpaired) electrons. The van der Waals surface area contributed by atoms with Crippen LogP contribution in [-0.2, 0) is 20.8 Å². The maximum absolute atomic E-state index is 10.9. The van der Waals surface area contributed by atoms with Crippen LogP contribution < -0.4 is 5.32 Å². The van der Waals surface area contributed by atoms with Crippen LogP contribution in [0.1, 0.15) is 13.3 Å². The van der Waals surface area contributed by atoms with Crippen molar-refractivity contribution in [3.05, 3.63) is 18.5 Å². The van der Waals surface area contributed by atoms with E-state index in [0.717, 1.165) is 26.1 Å². The Hall–Kier alpha value is -1.40. The average Bonchev–Trinajstić information content (AvgIpc) is 2.86. The fourth-order valence-corrected chi connectivity index (χ4v) is 1.43. The van der Waals surface area contributed by atoms with Crippen LogP contribution >= 0.6 is 0 Å². The third-order valence-electron chi connectivity index (χ3n) is 2.25. The number of carbonyl (C=O) groups is 1. The van der Waals surface area contributed by atoms with Gasteiger partial charge >= 0.3 is 5.97 Å². The molecule has 0 aliphatic heterocycles. The summed E-state index contributed by atoms with van der Waals surface area (Å²) in [5.74, 6) is -0.309. The summed E-state index contributed by atoms with van der Waals surface area (Å²) in [5, 5.41) is 7.35. The largest absolute Gasteiger partial charge is 0.464 e. The SMILES string of the molecule is CCOC(=O)COCCNCCCn1cccn1. The molecule has 0 aromatic carbocycles. The number of esters is 1. The summed E-state index contributed by atoms with van der Waals surface area (Å²) in [5.41, 5.74) is 0. The Balaban J connectivity index is 1.83. The van der Waals surface area contributed by atoms with Gasteiger partial charge in [0.25, 0.3) is 0 Å². The minimum Gasteiger partial charge on any atom is -0.464 e. The van der Waals surface area contributed by atoms with Crippen molar-refractivity contribution < 1.29 is 14.3 Å². The van der Waals surface area contributed by atoms with Gasteiger partial charge in [-0.2, -0.15) is 5.10 Å². The molecule has 0 unspecified atom stereocenters. The number of aromatic nitrogens is 2. The molecule has 0 saturated heterocycles. The molecular formula is C12H21N3O3. The molecule has 1 N–H and O–H groups in total. The molecule has 0 spiro atoms. The van der Waals surface area contributed by atoms with E-state index >= 15 is 0 Å². The van der Waals surface area contributed by atoms with Crippen molar-refractivity contribution in [2.45, 2.75) is 19.9 Å². The van der Waals surface area contributed by atoms with Crippen LogP contribution in [0.4, 0.5) is 0 Å². The summed E-state index contributed by atoms with van der Waals surface area (Å²) < 4.78 is 11.8. The minimum atomic E-state index is -0.309. The lowest BCUT2D eigenvalue weighted by atomic mass is 10.4. The second-order valence-corrected chi connectivity index (χ2v) is 3.73. The van der Waals surface area contributed by atoms with E-state index in [2.05, 4.69) is 10.4 Å². The maximum Gasteiger partial charge on any atom is 0.332 e. The van der Waals surface area contributed by atoms with E-state index < -0.39 is 0 Å². The summed E-state index contributed by atoms with van der Waals surface area (Å²) in [6.07, 6.45) is 4.73. The summed E-state index contributed by atoms with van der Waals surface area (Å²) in [4.78, 5) is 10.9. The molecule has 0 aliphatic carbocycles. The van der Waals surface area contributed by atoms with Crippen molar-refractivity contribution in [2.75, 3.05) is 32.9 Å². The van der Waals surface area contributed by atoms with E-state index in [4.69, 9.17) is 9.47 Å². The molecule has 0 atom stereocenters. The molecule has 1 aromatic rings. The zero-order valence-corrected chi connectivity index (χ0v) is 10.8. The molecule has 0 bridgehead atoms. The fraction of sp³-hybridized carbons (Fsp3) is 0.667. The second kappa shape index (κ2) is 9.61. The zero-order valence-electron chi connectivity index (χ0n) is 10.8. The van der Waals surface area contributed by atoms with Crippen LogP contribution in [-0.4, -0.2) is 48.7 Å². The Labute approximate surface area is 107 Å². The van der Waals surface area contributed by atoms with Crippen molar-refractivity contribution in [2.24, 2.45) is 0 Å². The summed E-state index contributed by atoms with van der Waals surface area (Å²) in [6, 6.07) is 1.91. The predicted molar refractivity (Wildman–Crippen MR) is 67.2 cm³/mol. The molecule has 0 fully saturated rings. The lowest BCUT2D eigenvalue weighted by Gasteiger charge is -2.06. The average molecular weight is 255 g/mol. The Morgan fingerprint density at radius 3 is 3.06 bits per heavy atom. The third kappa shape index (κ3) is 7.03. The Morgan fingerprint density at radius 1 is 1.44 bits per heavy atom. The van der Waals surface area contributed by atoms with Crippen LogP contribution in [0, 0.1) is 0 Å². The number of carbonyl (C=O) groups excluding carboxylic acids is 1. The number of hydrogen-bond acceptors (Lipinski definition) is 5. The zero-order chi connectivity index (χ0) is 13.1. The summed E-state index contributed by atoms with van der Waals surface area (Å²) >= 11 is 0. The number of hydrogen-bond donors (Lipinski definition) is 1. The number of rotatable bonds is 10. The second-order valence-electron chi connectivity index (χ2n) is 3.73. The van der Waals surface area contributed by atoms with E-state index in [1.807, 2.05) is 16.9 Å². The van der Waals surface area contributed by atoms with Gasteiger partial charge < -0.3 is 14.8 Å². The van der Waals surface area contributed by atoms with E-state index in [1.54, 1.807) is 13.1 Å². The highest BCUT2D eigenvalue weighted by atomic mass is 16.6. The van der Waals surface area contributed by atoms with E-state index in [-0.39, 0.29) is 12.6 Å². The molecule has 1 heterocycles. The van der Waals surface area contributed by atoms with Gasteiger partial charge in [0.05, 0.1) is 13.2 Å². The maximum atomic E-state index is 10.9. The van der Waals surface area contributed by atoms with E-state index in [9.17, 15) is 4.79 Å². The lowest BCUT2D eigenvalue weighted by Crippen LogP contribution is -2.23. The third-order valence-corrected chi connectivity index (χ3v) is 2.25. The van der Waals surface area contributed by atoms with Crippen molar-refractivity contribution >= 4 is 5.97 Å². The smallest absolute Gasteiger partial charge is 0.332 e. The lowest BCUT2D eigenvalue weighted by molar-refractivity contribution is -0.148. The van der Waals surface area contributed by atoms with Gasteiger partial charge in [0.1, 0.15) is 6.61 Å². The van der Waals surface area contributed by atoms with Gasteiger partial charge in [0.2, 0.25) is 0 Å². The van der Waals surface area contributed by atoms with Crippen molar-refractivity contribution in [3.8, 4) is 0 Å². The molecule has 0 amide bonds. The summed E-state index contributed by atoms with van der Waals surface area (Å²) in [7, 11) is 0. The Morgan fingerprint density at radius 2 is 2.33 bits per heavy atom. The molecular weight excluding hydrogens is 234 g/mol. The monoisotopic (exact) mass is 255 g/mol. The molecule has 0 aliphatic rings. The van der Waals surface area contributed by atoms with E-state index in [1.165, 1.54) is 0 Å². The highest BCUT2D eigenvalue weighted by Gasteiger charge is 2.00. The van der Waals surface area contributed by atoms with Gasteiger partial charge in [0, 0.05) is 25.5 Å². The normalized spacial score (nSPS) is 10.5. The minimum absolute atomic E-state index is 0.0306. The van der Waals surface area contributed by atoms with Gasteiger partial charge in [-0.25, -0.2) is 4.79 Å². The molecule has 18 heavy (non-hydrogen) atoms. The Kier molecular flexibility index (Phi) is 7.83. The number of aryl methyl sites for hydroxylation is 1. The molecule has 6 heteroatoms. The van der Waals surface area contributed by atoms with Gasteiger partial charge in [-0.3, -0.25) is 4.68 Å². The Bertz CT molecular complexity index is 314. The van der Waals surface area contributed by atoms with Crippen LogP contribution in [0.15, 0.2) is 18.5 Å². The van der Waals surface area contributed by atoms with Crippen LogP contribution in [0.3, 0.4) is 0 Å². The number of ether oxygens (including phenoxy) is 2. The topological polar surface area (TPSA) is 65.4 Å². The van der Waals surface area contributed by atoms with Gasteiger partial charge in [-0.15, -0.1) is 0 Å². The number of nitrogens with zero attached hydrogens (tertiary/aromatic N) is 2. The van der Waals surface area contributed by atoms with Gasteiger partial charge in [-0.1, -0.05) is 0 Å². The first kappa shape index (κ1) is 14.7. The highest BCUT2D eigenvalue weighted by molar-refractivity contribution is 5.70. The van der Waals surface area contributed by atoms with Crippen LogP contribution in [0.25, 0.3) is 0 Å². The first-order valence-electron chi connectivity index (χ1n) is 6.24. The van der Waals surface area contributed by atoms with Crippen LogP contribution in [0.2, 0.25) is 0 Å². The molecule has 6 nitrogen and oxygen atoms in total. The molecule has 1 rings (SSSR count). The van der Waals surface area contributed by atoms with Gasteiger partial charge in [-0.05, 0) is 26.0 Å². The standard InChI is InChI=1S/C12H21N3O3/c1-2-18-12(16)11-17-10-7-13-5-3-8-15-9-4-6-14-15/h4,6,9,13H,2-3,5,7-8,10-11H2,1H3. The van der Waals surface area contributed by atoms with Gasteiger partial charge in [0.15, 0.2) is 0 Å². The fourth-order valence-electron chi connectivity index (χ4n) is 1.43. The highest BCUT2D eigenvalue weighted by Crippen LogP contribution is 1.87. The van der Waals surface area contributed by atoms with Crippen molar-refractivity contribution in [1.82, 2.24) is 15.1 Å².